The lowest BCUT2D eigenvalue weighted by molar-refractivity contribution is 0.198. The lowest BCUT2D eigenvalue weighted by atomic mass is 9.85. The Kier molecular flexibility index (Phi) is 3.54. The van der Waals surface area contributed by atoms with E-state index in [2.05, 4.69) is 31.2 Å². The van der Waals surface area contributed by atoms with Crippen LogP contribution in [0.15, 0.2) is 4.52 Å². The van der Waals surface area contributed by atoms with Crippen molar-refractivity contribution in [3.05, 3.63) is 17.0 Å². The molecule has 1 heterocycles. The van der Waals surface area contributed by atoms with E-state index in [0.717, 1.165) is 37.6 Å². The van der Waals surface area contributed by atoms with E-state index >= 15 is 0 Å². The van der Waals surface area contributed by atoms with Crippen LogP contribution in [0.2, 0.25) is 0 Å². The Balaban J connectivity index is 2.08. The van der Waals surface area contributed by atoms with Gasteiger partial charge in [-0.15, -0.1) is 0 Å². The molecule has 1 aromatic rings. The number of fused-ring (bicyclic) bond motifs is 1. The van der Waals surface area contributed by atoms with E-state index in [9.17, 15) is 0 Å². The van der Waals surface area contributed by atoms with Gasteiger partial charge in [0.2, 0.25) is 0 Å². The van der Waals surface area contributed by atoms with Crippen LogP contribution < -0.4 is 5.32 Å². The van der Waals surface area contributed by atoms with Crippen molar-refractivity contribution in [3.8, 4) is 0 Å². The lowest BCUT2D eigenvalue weighted by Gasteiger charge is -2.18. The Morgan fingerprint density at radius 2 is 2.29 bits per heavy atom. The van der Waals surface area contributed by atoms with Gasteiger partial charge >= 0.3 is 0 Å². The number of methoxy groups -OCH3 is 1. The zero-order valence-electron chi connectivity index (χ0n) is 11.2. The summed E-state index contributed by atoms with van der Waals surface area (Å²) in [5.41, 5.74) is 2.56. The molecule has 17 heavy (non-hydrogen) atoms. The Morgan fingerprint density at radius 3 is 3.00 bits per heavy atom. The molecule has 1 aromatic heterocycles. The molecule has 0 spiro atoms. The highest BCUT2D eigenvalue weighted by atomic mass is 16.5. The van der Waals surface area contributed by atoms with Crippen molar-refractivity contribution in [1.82, 2.24) is 10.5 Å². The standard InChI is InChI=1S/C13H22N2O2/c1-9-7-13(2,3)11-10(15-17-12(9)11)8-14-5-6-16-4/h9,14H,5-8H2,1-4H3. The van der Waals surface area contributed by atoms with Crippen molar-refractivity contribution in [2.75, 3.05) is 20.3 Å². The summed E-state index contributed by atoms with van der Waals surface area (Å²) >= 11 is 0. The maximum atomic E-state index is 5.49. The fourth-order valence-corrected chi connectivity index (χ4v) is 2.86. The van der Waals surface area contributed by atoms with Crippen LogP contribution in [0.5, 0.6) is 0 Å². The highest BCUT2D eigenvalue weighted by molar-refractivity contribution is 5.38. The summed E-state index contributed by atoms with van der Waals surface area (Å²) in [6, 6.07) is 0. The number of nitrogens with zero attached hydrogens (tertiary/aromatic N) is 1. The summed E-state index contributed by atoms with van der Waals surface area (Å²) in [5.74, 6) is 1.57. The van der Waals surface area contributed by atoms with Gasteiger partial charge in [-0.1, -0.05) is 25.9 Å². The second-order valence-corrected chi connectivity index (χ2v) is 5.53. The molecular weight excluding hydrogens is 216 g/mol. The quantitative estimate of drug-likeness (QED) is 0.799. The van der Waals surface area contributed by atoms with Gasteiger partial charge in [-0.05, 0) is 11.8 Å². The van der Waals surface area contributed by atoms with Crippen molar-refractivity contribution < 1.29 is 9.26 Å². The molecule has 0 saturated carbocycles. The molecule has 1 aliphatic rings. The highest BCUT2D eigenvalue weighted by Gasteiger charge is 2.40. The van der Waals surface area contributed by atoms with E-state index in [0.29, 0.717) is 5.92 Å². The van der Waals surface area contributed by atoms with E-state index in [1.54, 1.807) is 7.11 Å². The van der Waals surface area contributed by atoms with Crippen molar-refractivity contribution in [2.45, 2.75) is 45.1 Å². The molecule has 2 rings (SSSR count). The zero-order chi connectivity index (χ0) is 12.5. The molecule has 0 fully saturated rings. The van der Waals surface area contributed by atoms with Crippen LogP contribution >= 0.6 is 0 Å². The fraction of sp³-hybridized carbons (Fsp3) is 0.769. The molecule has 96 valence electrons. The largest absolute Gasteiger partial charge is 0.383 e. The molecule has 4 nitrogen and oxygen atoms in total. The first-order chi connectivity index (χ1) is 8.06. The SMILES string of the molecule is COCCNCc1noc2c1C(C)(C)CC2C. The van der Waals surface area contributed by atoms with E-state index in [-0.39, 0.29) is 5.41 Å². The van der Waals surface area contributed by atoms with E-state index in [4.69, 9.17) is 9.26 Å². The van der Waals surface area contributed by atoms with Crippen LogP contribution in [-0.4, -0.2) is 25.4 Å². The van der Waals surface area contributed by atoms with E-state index < -0.39 is 0 Å². The predicted octanol–water partition coefficient (Wildman–Crippen LogP) is 2.20. The average Bonchev–Trinajstić information content (AvgIpc) is 2.76. The number of rotatable bonds is 5. The van der Waals surface area contributed by atoms with Gasteiger partial charge in [0, 0.05) is 31.7 Å². The second-order valence-electron chi connectivity index (χ2n) is 5.53. The molecule has 0 radical (unpaired) electrons. The van der Waals surface area contributed by atoms with Crippen LogP contribution in [0.3, 0.4) is 0 Å². The summed E-state index contributed by atoms with van der Waals surface area (Å²) < 4.78 is 10.5. The van der Waals surface area contributed by atoms with Gasteiger partial charge < -0.3 is 14.6 Å². The first-order valence-corrected chi connectivity index (χ1v) is 6.25. The van der Waals surface area contributed by atoms with Gasteiger partial charge in [0.15, 0.2) is 0 Å². The molecule has 0 aromatic carbocycles. The van der Waals surface area contributed by atoms with Gasteiger partial charge in [-0.2, -0.15) is 0 Å². The van der Waals surface area contributed by atoms with Crippen molar-refractivity contribution in [3.63, 3.8) is 0 Å². The number of nitrogens with one attached hydrogen (secondary N) is 1. The summed E-state index contributed by atoms with van der Waals surface area (Å²) in [4.78, 5) is 0. The molecule has 1 N–H and O–H groups in total. The first kappa shape index (κ1) is 12.6. The van der Waals surface area contributed by atoms with Crippen LogP contribution in [-0.2, 0) is 16.7 Å². The summed E-state index contributed by atoms with van der Waals surface area (Å²) in [5, 5.41) is 7.53. The van der Waals surface area contributed by atoms with Gasteiger partial charge in [0.25, 0.3) is 0 Å². The normalized spacial score (nSPS) is 21.8. The fourth-order valence-electron chi connectivity index (χ4n) is 2.86. The number of hydrogen-bond acceptors (Lipinski definition) is 4. The number of hydrogen-bond donors (Lipinski definition) is 1. The van der Waals surface area contributed by atoms with Gasteiger partial charge in [0.05, 0.1) is 6.61 Å². The minimum absolute atomic E-state index is 0.188. The molecule has 1 unspecified atom stereocenters. The monoisotopic (exact) mass is 238 g/mol. The Bertz CT molecular complexity index is 385. The summed E-state index contributed by atoms with van der Waals surface area (Å²) in [7, 11) is 1.71. The third-order valence-corrected chi connectivity index (χ3v) is 3.51. The predicted molar refractivity (Wildman–Crippen MR) is 66.1 cm³/mol. The Hall–Kier alpha value is -0.870. The molecule has 0 amide bonds. The summed E-state index contributed by atoms with van der Waals surface area (Å²) in [6.07, 6.45) is 1.15. The maximum absolute atomic E-state index is 5.49. The third kappa shape index (κ3) is 2.38. The van der Waals surface area contributed by atoms with Gasteiger partial charge in [0.1, 0.15) is 11.5 Å². The Morgan fingerprint density at radius 1 is 1.53 bits per heavy atom. The average molecular weight is 238 g/mol. The topological polar surface area (TPSA) is 47.3 Å². The van der Waals surface area contributed by atoms with Crippen LogP contribution in [0.4, 0.5) is 0 Å². The molecule has 0 saturated heterocycles. The maximum Gasteiger partial charge on any atom is 0.143 e. The minimum atomic E-state index is 0.188. The Labute approximate surface area is 103 Å². The second kappa shape index (κ2) is 4.78. The molecular formula is C13H22N2O2. The van der Waals surface area contributed by atoms with Crippen LogP contribution in [0.25, 0.3) is 0 Å². The number of ether oxygens (including phenoxy) is 1. The third-order valence-electron chi connectivity index (χ3n) is 3.51. The molecule has 4 heteroatoms. The van der Waals surface area contributed by atoms with E-state index in [1.165, 1.54) is 5.56 Å². The molecule has 0 bridgehead atoms. The molecule has 0 aliphatic heterocycles. The number of aromatic nitrogens is 1. The zero-order valence-corrected chi connectivity index (χ0v) is 11.2. The van der Waals surface area contributed by atoms with Crippen LogP contribution in [0, 0.1) is 0 Å². The highest BCUT2D eigenvalue weighted by Crippen LogP contribution is 2.47. The first-order valence-electron chi connectivity index (χ1n) is 6.25. The van der Waals surface area contributed by atoms with Crippen LogP contribution in [0.1, 0.15) is 50.1 Å². The van der Waals surface area contributed by atoms with Crippen molar-refractivity contribution in [1.29, 1.82) is 0 Å². The lowest BCUT2D eigenvalue weighted by Crippen LogP contribution is -2.22. The van der Waals surface area contributed by atoms with Gasteiger partial charge in [-0.3, -0.25) is 0 Å². The van der Waals surface area contributed by atoms with Gasteiger partial charge in [-0.25, -0.2) is 0 Å². The molecule has 1 atom stereocenters. The smallest absolute Gasteiger partial charge is 0.143 e. The van der Waals surface area contributed by atoms with Crippen molar-refractivity contribution >= 4 is 0 Å². The molecule has 1 aliphatic carbocycles. The minimum Gasteiger partial charge on any atom is -0.383 e. The van der Waals surface area contributed by atoms with Crippen molar-refractivity contribution in [2.24, 2.45) is 0 Å². The van der Waals surface area contributed by atoms with E-state index in [1.807, 2.05) is 0 Å². The summed E-state index contributed by atoms with van der Waals surface area (Å²) in [6.45, 7) is 9.07.